The molecule has 1 atom stereocenters. The third kappa shape index (κ3) is 3.32. The molecule has 3 aromatic rings. The Bertz CT molecular complexity index is 868. The van der Waals surface area contributed by atoms with Gasteiger partial charge in [0.05, 0.1) is 10.8 Å². The molecule has 3 aromatic heterocycles. The molecule has 1 unspecified atom stereocenters. The van der Waals surface area contributed by atoms with Crippen LogP contribution in [0.1, 0.15) is 43.7 Å². The standard InChI is InChI=1S/C15H18N4O2S2/c1-4-5-6-11-17-13(21-18-11)9(2)23-15-16-10-7-8-22-12(10)14(20)19(15)3/h7-9H,4-6H2,1-3H3. The molecule has 6 nitrogen and oxygen atoms in total. The summed E-state index contributed by atoms with van der Waals surface area (Å²) in [6, 6.07) is 1.87. The second-order valence-electron chi connectivity index (χ2n) is 5.31. The summed E-state index contributed by atoms with van der Waals surface area (Å²) in [6.45, 7) is 4.11. The van der Waals surface area contributed by atoms with Crippen LogP contribution in [0.5, 0.6) is 0 Å². The Hall–Kier alpha value is -1.67. The minimum absolute atomic E-state index is 0.0196. The maximum atomic E-state index is 12.3. The van der Waals surface area contributed by atoms with Gasteiger partial charge in [0, 0.05) is 13.5 Å². The van der Waals surface area contributed by atoms with Crippen LogP contribution in [0.15, 0.2) is 25.9 Å². The largest absolute Gasteiger partial charge is 0.338 e. The zero-order chi connectivity index (χ0) is 16.4. The smallest absolute Gasteiger partial charge is 0.271 e. The van der Waals surface area contributed by atoms with Crippen LogP contribution in [0.4, 0.5) is 0 Å². The Kier molecular flexibility index (Phi) is 4.82. The molecule has 0 saturated heterocycles. The van der Waals surface area contributed by atoms with Gasteiger partial charge in [0.15, 0.2) is 11.0 Å². The van der Waals surface area contributed by atoms with Gasteiger partial charge in [0.1, 0.15) is 4.70 Å². The second kappa shape index (κ2) is 6.84. The molecule has 3 heterocycles. The molecule has 0 amide bonds. The van der Waals surface area contributed by atoms with Gasteiger partial charge in [-0.05, 0) is 24.8 Å². The highest BCUT2D eigenvalue weighted by Crippen LogP contribution is 2.33. The molecular formula is C15H18N4O2S2. The van der Waals surface area contributed by atoms with E-state index in [2.05, 4.69) is 22.0 Å². The van der Waals surface area contributed by atoms with E-state index < -0.39 is 0 Å². The van der Waals surface area contributed by atoms with E-state index >= 15 is 0 Å². The first-order valence-corrected chi connectivity index (χ1v) is 9.29. The lowest BCUT2D eigenvalue weighted by molar-refractivity contribution is 0.374. The SMILES string of the molecule is CCCCc1noc(C(C)Sc2nc3ccsc3c(=O)n2C)n1. The number of thioether (sulfide) groups is 1. The minimum Gasteiger partial charge on any atom is -0.338 e. The molecule has 0 fully saturated rings. The van der Waals surface area contributed by atoms with Gasteiger partial charge in [0.25, 0.3) is 5.56 Å². The van der Waals surface area contributed by atoms with Crippen molar-refractivity contribution in [3.63, 3.8) is 0 Å². The van der Waals surface area contributed by atoms with E-state index in [1.165, 1.54) is 23.1 Å². The van der Waals surface area contributed by atoms with Crippen molar-refractivity contribution in [1.29, 1.82) is 0 Å². The van der Waals surface area contributed by atoms with Crippen molar-refractivity contribution >= 4 is 33.3 Å². The van der Waals surface area contributed by atoms with E-state index in [1.807, 2.05) is 18.4 Å². The molecule has 122 valence electrons. The number of hydrogen-bond donors (Lipinski definition) is 0. The molecule has 0 aliphatic rings. The maximum Gasteiger partial charge on any atom is 0.271 e. The van der Waals surface area contributed by atoms with Crippen LogP contribution in [0.25, 0.3) is 10.2 Å². The number of thiophene rings is 1. The number of nitrogens with zero attached hydrogens (tertiary/aromatic N) is 4. The summed E-state index contributed by atoms with van der Waals surface area (Å²) in [5.74, 6) is 1.31. The molecule has 0 N–H and O–H groups in total. The molecule has 0 aliphatic carbocycles. The van der Waals surface area contributed by atoms with Crippen LogP contribution in [0.2, 0.25) is 0 Å². The van der Waals surface area contributed by atoms with Crippen LogP contribution in [-0.2, 0) is 13.5 Å². The summed E-state index contributed by atoms with van der Waals surface area (Å²) in [4.78, 5) is 21.3. The van der Waals surface area contributed by atoms with Crippen LogP contribution >= 0.6 is 23.1 Å². The zero-order valence-corrected chi connectivity index (χ0v) is 14.9. The molecule has 23 heavy (non-hydrogen) atoms. The van der Waals surface area contributed by atoms with Crippen LogP contribution < -0.4 is 5.56 Å². The highest BCUT2D eigenvalue weighted by Gasteiger charge is 2.19. The number of fused-ring (bicyclic) bond motifs is 1. The Morgan fingerprint density at radius 3 is 3.04 bits per heavy atom. The predicted molar refractivity (Wildman–Crippen MR) is 92.0 cm³/mol. The minimum atomic E-state index is -0.0629. The van der Waals surface area contributed by atoms with Crippen molar-refractivity contribution in [2.75, 3.05) is 0 Å². The zero-order valence-electron chi connectivity index (χ0n) is 13.3. The molecule has 0 saturated carbocycles. The highest BCUT2D eigenvalue weighted by molar-refractivity contribution is 7.99. The maximum absolute atomic E-state index is 12.3. The average molecular weight is 350 g/mol. The van der Waals surface area contributed by atoms with Gasteiger partial charge in [0.2, 0.25) is 5.89 Å². The van der Waals surface area contributed by atoms with Gasteiger partial charge in [-0.2, -0.15) is 4.98 Å². The first-order chi connectivity index (χ1) is 11.1. The third-order valence-electron chi connectivity index (χ3n) is 3.51. The molecule has 0 spiro atoms. The van der Waals surface area contributed by atoms with E-state index in [4.69, 9.17) is 4.52 Å². The normalized spacial score (nSPS) is 12.8. The molecule has 3 rings (SSSR count). The number of unbranched alkanes of at least 4 members (excludes halogenated alkanes) is 1. The summed E-state index contributed by atoms with van der Waals surface area (Å²) in [7, 11) is 1.74. The Labute approximate surface area is 141 Å². The quantitative estimate of drug-likeness (QED) is 0.500. The van der Waals surface area contributed by atoms with Crippen LogP contribution in [0.3, 0.4) is 0 Å². The molecule has 0 aromatic carbocycles. The monoisotopic (exact) mass is 350 g/mol. The van der Waals surface area contributed by atoms with E-state index in [9.17, 15) is 4.79 Å². The van der Waals surface area contributed by atoms with Crippen molar-refractivity contribution in [2.45, 2.75) is 43.5 Å². The summed E-state index contributed by atoms with van der Waals surface area (Å²) in [5, 5.41) is 6.49. The van der Waals surface area contributed by atoms with Crippen molar-refractivity contribution in [2.24, 2.45) is 7.05 Å². The van der Waals surface area contributed by atoms with Crippen molar-refractivity contribution in [3.05, 3.63) is 33.5 Å². The number of rotatable bonds is 6. The predicted octanol–water partition coefficient (Wildman–Crippen LogP) is 3.57. The summed E-state index contributed by atoms with van der Waals surface area (Å²) in [6.07, 6.45) is 2.97. The number of aromatic nitrogens is 4. The number of hydrogen-bond acceptors (Lipinski definition) is 7. The average Bonchev–Trinajstić information content (AvgIpc) is 3.19. The lowest BCUT2D eigenvalue weighted by Gasteiger charge is -2.09. The lowest BCUT2D eigenvalue weighted by Crippen LogP contribution is -2.19. The van der Waals surface area contributed by atoms with Crippen molar-refractivity contribution < 1.29 is 4.52 Å². The van der Waals surface area contributed by atoms with Crippen LogP contribution in [0, 0.1) is 0 Å². The molecule has 0 aliphatic heterocycles. The number of aryl methyl sites for hydroxylation is 1. The summed E-state index contributed by atoms with van der Waals surface area (Å²) >= 11 is 2.87. The summed E-state index contributed by atoms with van der Waals surface area (Å²) in [5.41, 5.74) is 0.718. The topological polar surface area (TPSA) is 73.8 Å². The van der Waals surface area contributed by atoms with Gasteiger partial charge in [-0.25, -0.2) is 4.98 Å². The van der Waals surface area contributed by atoms with E-state index in [-0.39, 0.29) is 10.8 Å². The van der Waals surface area contributed by atoms with E-state index in [0.29, 0.717) is 15.7 Å². The van der Waals surface area contributed by atoms with Gasteiger partial charge in [-0.1, -0.05) is 30.3 Å². The van der Waals surface area contributed by atoms with E-state index in [0.717, 1.165) is 30.6 Å². The fraction of sp³-hybridized carbons (Fsp3) is 0.467. The fourth-order valence-electron chi connectivity index (χ4n) is 2.15. The van der Waals surface area contributed by atoms with Gasteiger partial charge in [-0.3, -0.25) is 9.36 Å². The van der Waals surface area contributed by atoms with Crippen molar-refractivity contribution in [1.82, 2.24) is 19.7 Å². The van der Waals surface area contributed by atoms with Gasteiger partial charge in [-0.15, -0.1) is 11.3 Å². The highest BCUT2D eigenvalue weighted by atomic mass is 32.2. The lowest BCUT2D eigenvalue weighted by atomic mass is 10.2. The molecule has 0 bridgehead atoms. The van der Waals surface area contributed by atoms with Gasteiger partial charge >= 0.3 is 0 Å². The Balaban J connectivity index is 1.82. The Morgan fingerprint density at radius 2 is 2.26 bits per heavy atom. The summed E-state index contributed by atoms with van der Waals surface area (Å²) < 4.78 is 7.61. The molecule has 8 heteroatoms. The van der Waals surface area contributed by atoms with E-state index in [1.54, 1.807) is 11.6 Å². The molecular weight excluding hydrogens is 332 g/mol. The first-order valence-electron chi connectivity index (χ1n) is 7.53. The second-order valence-corrected chi connectivity index (χ2v) is 7.53. The van der Waals surface area contributed by atoms with Crippen molar-refractivity contribution in [3.8, 4) is 0 Å². The van der Waals surface area contributed by atoms with Crippen LogP contribution in [-0.4, -0.2) is 19.7 Å². The third-order valence-corrected chi connectivity index (χ3v) is 5.54. The van der Waals surface area contributed by atoms with Gasteiger partial charge < -0.3 is 4.52 Å². The fourth-order valence-corrected chi connectivity index (χ4v) is 3.86. The molecule has 0 radical (unpaired) electrons. The Morgan fingerprint density at radius 1 is 1.43 bits per heavy atom. The first kappa shape index (κ1) is 16.2.